The van der Waals surface area contributed by atoms with Crippen LogP contribution in [0, 0.1) is 0 Å². The van der Waals surface area contributed by atoms with Crippen molar-refractivity contribution in [2.45, 2.75) is 25.8 Å². The van der Waals surface area contributed by atoms with Crippen LogP contribution in [0.4, 0.5) is 0 Å². The minimum Gasteiger partial charge on any atom is -0.483 e. The zero-order valence-corrected chi connectivity index (χ0v) is 15.4. The number of carbonyl (C=O) groups excluding carboxylic acids is 2. The Balaban J connectivity index is 1.54. The summed E-state index contributed by atoms with van der Waals surface area (Å²) in [7, 11) is 0. The maximum Gasteiger partial charge on any atom is 0.258 e. The Kier molecular flexibility index (Phi) is 6.21. The molecule has 4 heteroatoms. The number of aryl methyl sites for hydroxylation is 1. The number of nitrogens with one attached hydrogen (secondary N) is 1. The van der Waals surface area contributed by atoms with E-state index < -0.39 is 0 Å². The highest BCUT2D eigenvalue weighted by molar-refractivity contribution is 6.00. The number of hydrogen-bond acceptors (Lipinski definition) is 3. The Bertz CT molecular complexity index is 921. The molecule has 0 saturated carbocycles. The maximum atomic E-state index is 12.2. The van der Waals surface area contributed by atoms with Crippen LogP contribution in [0.15, 0.2) is 66.7 Å². The van der Waals surface area contributed by atoms with Gasteiger partial charge in [-0.2, -0.15) is 0 Å². The van der Waals surface area contributed by atoms with E-state index in [1.54, 1.807) is 6.07 Å². The van der Waals surface area contributed by atoms with Crippen molar-refractivity contribution in [2.75, 3.05) is 6.61 Å². The standard InChI is InChI=1S/C23H23NO3/c1-17(11-12-18-7-3-2-4-8-18)24-23(26)16-27-22-14-13-19-9-5-6-10-20(19)21(22)15-25/h2-10,13-15,17H,11-12,16H2,1H3,(H,24,26)/t17-/m0/s1. The lowest BCUT2D eigenvalue weighted by Gasteiger charge is -2.15. The van der Waals surface area contributed by atoms with Crippen LogP contribution in [-0.2, 0) is 11.2 Å². The third-order valence-corrected chi connectivity index (χ3v) is 4.52. The molecule has 3 aromatic rings. The quantitative estimate of drug-likeness (QED) is 0.613. The van der Waals surface area contributed by atoms with Gasteiger partial charge in [-0.05, 0) is 42.2 Å². The lowest BCUT2D eigenvalue weighted by molar-refractivity contribution is -0.123. The number of rotatable bonds is 8. The van der Waals surface area contributed by atoms with Gasteiger partial charge in [0.2, 0.25) is 0 Å². The SMILES string of the molecule is C[C@@H](CCc1ccccc1)NC(=O)COc1ccc2ccccc2c1C=O. The van der Waals surface area contributed by atoms with Crippen LogP contribution < -0.4 is 10.1 Å². The predicted octanol–water partition coefficient (Wildman–Crippen LogP) is 4.17. The molecule has 27 heavy (non-hydrogen) atoms. The maximum absolute atomic E-state index is 12.2. The van der Waals surface area contributed by atoms with Gasteiger partial charge < -0.3 is 10.1 Å². The molecule has 138 valence electrons. The van der Waals surface area contributed by atoms with Crippen molar-refractivity contribution in [3.8, 4) is 5.75 Å². The largest absolute Gasteiger partial charge is 0.483 e. The van der Waals surface area contributed by atoms with Gasteiger partial charge in [0.05, 0.1) is 5.56 Å². The first-order valence-electron chi connectivity index (χ1n) is 9.10. The average Bonchev–Trinajstić information content (AvgIpc) is 2.71. The van der Waals surface area contributed by atoms with Crippen LogP contribution in [0.1, 0.15) is 29.3 Å². The zero-order chi connectivity index (χ0) is 19.1. The predicted molar refractivity (Wildman–Crippen MR) is 107 cm³/mol. The molecule has 0 heterocycles. The van der Waals surface area contributed by atoms with Crippen LogP contribution in [0.2, 0.25) is 0 Å². The summed E-state index contributed by atoms with van der Waals surface area (Å²) >= 11 is 0. The summed E-state index contributed by atoms with van der Waals surface area (Å²) in [6.45, 7) is 1.86. The van der Waals surface area contributed by atoms with Gasteiger partial charge in [-0.3, -0.25) is 9.59 Å². The lowest BCUT2D eigenvalue weighted by Crippen LogP contribution is -2.36. The van der Waals surface area contributed by atoms with Gasteiger partial charge in [0.1, 0.15) is 5.75 Å². The van der Waals surface area contributed by atoms with Gasteiger partial charge in [0.15, 0.2) is 12.9 Å². The minimum atomic E-state index is -0.194. The number of hydrogen-bond donors (Lipinski definition) is 1. The second-order valence-electron chi connectivity index (χ2n) is 6.60. The number of fused-ring (bicyclic) bond motifs is 1. The summed E-state index contributed by atoms with van der Waals surface area (Å²) in [4.78, 5) is 23.7. The normalized spacial score (nSPS) is 11.7. The molecule has 0 bridgehead atoms. The number of amides is 1. The van der Waals surface area contributed by atoms with E-state index in [1.807, 2.05) is 55.5 Å². The summed E-state index contributed by atoms with van der Waals surface area (Å²) in [6, 6.07) is 21.5. The third kappa shape index (κ3) is 4.94. The topological polar surface area (TPSA) is 55.4 Å². The van der Waals surface area contributed by atoms with Crippen molar-refractivity contribution in [2.24, 2.45) is 0 Å². The number of ether oxygens (including phenoxy) is 1. The summed E-state index contributed by atoms with van der Waals surface area (Å²) in [5.74, 6) is 0.233. The molecule has 0 spiro atoms. The number of aldehydes is 1. The first kappa shape index (κ1) is 18.6. The van der Waals surface area contributed by atoms with Crippen LogP contribution in [0.5, 0.6) is 5.75 Å². The average molecular weight is 361 g/mol. The minimum absolute atomic E-state index is 0.0449. The molecule has 1 atom stereocenters. The Morgan fingerprint density at radius 1 is 1.04 bits per heavy atom. The summed E-state index contributed by atoms with van der Waals surface area (Å²) in [5, 5.41) is 4.73. The fourth-order valence-corrected chi connectivity index (χ4v) is 3.08. The van der Waals surface area contributed by atoms with E-state index in [4.69, 9.17) is 4.74 Å². The van der Waals surface area contributed by atoms with Gasteiger partial charge in [0.25, 0.3) is 5.91 Å². The fraction of sp³-hybridized carbons (Fsp3) is 0.217. The molecule has 0 aliphatic carbocycles. The van der Waals surface area contributed by atoms with Gasteiger partial charge in [-0.15, -0.1) is 0 Å². The molecule has 1 N–H and O–H groups in total. The van der Waals surface area contributed by atoms with Crippen LogP contribution in [-0.4, -0.2) is 24.8 Å². The summed E-state index contributed by atoms with van der Waals surface area (Å²) in [6.07, 6.45) is 2.53. The highest BCUT2D eigenvalue weighted by Crippen LogP contribution is 2.26. The number of carbonyl (C=O) groups is 2. The van der Waals surface area contributed by atoms with Crippen LogP contribution in [0.3, 0.4) is 0 Å². The third-order valence-electron chi connectivity index (χ3n) is 4.52. The van der Waals surface area contributed by atoms with Gasteiger partial charge >= 0.3 is 0 Å². The van der Waals surface area contributed by atoms with Crippen molar-refractivity contribution < 1.29 is 14.3 Å². The van der Waals surface area contributed by atoms with E-state index in [1.165, 1.54) is 5.56 Å². The van der Waals surface area contributed by atoms with Crippen molar-refractivity contribution in [3.05, 3.63) is 77.9 Å². The van der Waals surface area contributed by atoms with E-state index in [9.17, 15) is 9.59 Å². The molecule has 0 aliphatic rings. The molecule has 3 rings (SSSR count). The number of benzene rings is 3. The van der Waals surface area contributed by atoms with E-state index >= 15 is 0 Å². The molecule has 3 aromatic carbocycles. The highest BCUT2D eigenvalue weighted by atomic mass is 16.5. The Morgan fingerprint density at radius 3 is 2.56 bits per heavy atom. The van der Waals surface area contributed by atoms with E-state index in [-0.39, 0.29) is 18.6 Å². The van der Waals surface area contributed by atoms with E-state index in [0.29, 0.717) is 11.3 Å². The Hall–Kier alpha value is -3.14. The Morgan fingerprint density at radius 2 is 1.78 bits per heavy atom. The smallest absolute Gasteiger partial charge is 0.258 e. The molecule has 4 nitrogen and oxygen atoms in total. The molecule has 0 radical (unpaired) electrons. The molecule has 0 unspecified atom stereocenters. The van der Waals surface area contributed by atoms with Crippen LogP contribution >= 0.6 is 0 Å². The molecule has 0 saturated heterocycles. The Labute approximate surface area is 159 Å². The summed E-state index contributed by atoms with van der Waals surface area (Å²) in [5.41, 5.74) is 1.72. The van der Waals surface area contributed by atoms with Crippen molar-refractivity contribution >= 4 is 23.0 Å². The summed E-state index contributed by atoms with van der Waals surface area (Å²) < 4.78 is 5.62. The molecule has 1 amide bonds. The van der Waals surface area contributed by atoms with E-state index in [2.05, 4.69) is 17.4 Å². The van der Waals surface area contributed by atoms with Crippen molar-refractivity contribution in [1.82, 2.24) is 5.32 Å². The zero-order valence-electron chi connectivity index (χ0n) is 15.4. The van der Waals surface area contributed by atoms with Gasteiger partial charge in [-0.1, -0.05) is 60.7 Å². The molecule has 0 fully saturated rings. The van der Waals surface area contributed by atoms with Crippen molar-refractivity contribution in [3.63, 3.8) is 0 Å². The highest BCUT2D eigenvalue weighted by Gasteiger charge is 2.12. The first-order chi connectivity index (χ1) is 13.2. The van der Waals surface area contributed by atoms with Crippen LogP contribution in [0.25, 0.3) is 10.8 Å². The second kappa shape index (κ2) is 8.99. The fourth-order valence-electron chi connectivity index (χ4n) is 3.08. The lowest BCUT2D eigenvalue weighted by atomic mass is 10.0. The first-order valence-corrected chi connectivity index (χ1v) is 9.10. The van der Waals surface area contributed by atoms with Gasteiger partial charge in [0, 0.05) is 6.04 Å². The van der Waals surface area contributed by atoms with Crippen molar-refractivity contribution in [1.29, 1.82) is 0 Å². The molecule has 0 aliphatic heterocycles. The van der Waals surface area contributed by atoms with Gasteiger partial charge in [-0.25, -0.2) is 0 Å². The second-order valence-corrected chi connectivity index (χ2v) is 6.60. The molecular formula is C23H23NO3. The monoisotopic (exact) mass is 361 g/mol. The molecule has 0 aromatic heterocycles. The molecular weight excluding hydrogens is 338 g/mol. The van der Waals surface area contributed by atoms with E-state index in [0.717, 1.165) is 29.9 Å².